The van der Waals surface area contributed by atoms with Crippen molar-refractivity contribution < 1.29 is 18.3 Å². The Morgan fingerprint density at radius 1 is 1.15 bits per heavy atom. The Bertz CT molecular complexity index is 624. The lowest BCUT2D eigenvalue weighted by atomic mass is 10.0. The number of hydrogen-bond acceptors (Lipinski definition) is 2. The van der Waals surface area contributed by atoms with Gasteiger partial charge in [0.15, 0.2) is 0 Å². The van der Waals surface area contributed by atoms with Crippen LogP contribution in [-0.2, 0) is 12.8 Å². The smallest absolute Gasteiger partial charge is 0.392 e. The molecule has 0 aliphatic heterocycles. The van der Waals surface area contributed by atoms with Crippen LogP contribution in [0.5, 0.6) is 0 Å². The van der Waals surface area contributed by atoms with Crippen molar-refractivity contribution in [2.45, 2.75) is 12.8 Å². The summed E-state index contributed by atoms with van der Waals surface area (Å²) in [4.78, 5) is 3.76. The second-order valence-electron chi connectivity index (χ2n) is 3.98. The van der Waals surface area contributed by atoms with E-state index in [9.17, 15) is 18.3 Å². The van der Waals surface area contributed by atoms with Gasteiger partial charge in [-0.3, -0.25) is 4.98 Å². The normalized spacial score (nSPS) is 11.7. The predicted molar refractivity (Wildman–Crippen MR) is 70.6 cm³/mol. The highest BCUT2D eigenvalue weighted by Crippen LogP contribution is 2.37. The van der Waals surface area contributed by atoms with Crippen LogP contribution in [0.2, 0.25) is 10.0 Å². The van der Waals surface area contributed by atoms with Crippen molar-refractivity contribution in [2.24, 2.45) is 0 Å². The molecule has 0 saturated carbocycles. The number of benzene rings is 1. The topological polar surface area (TPSA) is 33.1 Å². The zero-order valence-electron chi connectivity index (χ0n) is 9.88. The van der Waals surface area contributed by atoms with Gasteiger partial charge in [-0.15, -0.1) is 0 Å². The molecule has 1 aromatic heterocycles. The van der Waals surface area contributed by atoms with E-state index in [1.54, 1.807) is 18.2 Å². The maximum absolute atomic E-state index is 12.6. The Hall–Kier alpha value is -1.30. The lowest BCUT2D eigenvalue weighted by Crippen LogP contribution is -2.08. The number of rotatable bonds is 2. The average molecular weight is 322 g/mol. The van der Waals surface area contributed by atoms with Crippen LogP contribution in [-0.4, -0.2) is 10.1 Å². The van der Waals surface area contributed by atoms with Crippen LogP contribution in [0.25, 0.3) is 11.3 Å². The van der Waals surface area contributed by atoms with Crippen LogP contribution >= 0.6 is 23.2 Å². The lowest BCUT2D eigenvalue weighted by Gasteiger charge is -2.13. The van der Waals surface area contributed by atoms with Crippen LogP contribution in [0.4, 0.5) is 13.2 Å². The molecule has 20 heavy (non-hydrogen) atoms. The van der Waals surface area contributed by atoms with Crippen molar-refractivity contribution in [3.63, 3.8) is 0 Å². The molecule has 0 atom stereocenters. The van der Waals surface area contributed by atoms with E-state index in [0.29, 0.717) is 11.8 Å². The highest BCUT2D eigenvalue weighted by molar-refractivity contribution is 6.39. The quantitative estimate of drug-likeness (QED) is 0.879. The molecule has 0 aliphatic rings. The van der Waals surface area contributed by atoms with E-state index in [2.05, 4.69) is 4.98 Å². The van der Waals surface area contributed by atoms with E-state index in [0.717, 1.165) is 6.07 Å². The summed E-state index contributed by atoms with van der Waals surface area (Å²) >= 11 is 12.0. The second kappa shape index (κ2) is 5.60. The minimum absolute atomic E-state index is 0.00910. The zero-order valence-corrected chi connectivity index (χ0v) is 11.4. The first-order valence-corrected chi connectivity index (χ1v) is 6.21. The summed E-state index contributed by atoms with van der Waals surface area (Å²) in [6, 6.07) is 5.53. The van der Waals surface area contributed by atoms with Crippen LogP contribution in [0.1, 0.15) is 11.1 Å². The minimum atomic E-state index is -4.53. The van der Waals surface area contributed by atoms with Gasteiger partial charge in [0.1, 0.15) is 0 Å². The molecule has 0 fully saturated rings. The first-order valence-electron chi connectivity index (χ1n) is 5.46. The Morgan fingerprint density at radius 2 is 1.75 bits per heavy atom. The number of aliphatic hydroxyl groups is 1. The van der Waals surface area contributed by atoms with E-state index in [-0.39, 0.29) is 21.3 Å². The highest BCUT2D eigenvalue weighted by Gasteiger charge is 2.32. The fourth-order valence-corrected chi connectivity index (χ4v) is 2.31. The third-order valence-electron chi connectivity index (χ3n) is 2.66. The summed E-state index contributed by atoms with van der Waals surface area (Å²) < 4.78 is 37.9. The standard InChI is InChI=1S/C13H8Cl2F3NO/c14-9-2-1-3-10(15)11(9)12-7(6-20)4-8(5-19-12)13(16,17)18/h1-5,20H,6H2. The third-order valence-corrected chi connectivity index (χ3v) is 3.29. The molecule has 0 aliphatic carbocycles. The number of pyridine rings is 1. The molecular formula is C13H8Cl2F3NO. The largest absolute Gasteiger partial charge is 0.417 e. The monoisotopic (exact) mass is 321 g/mol. The number of nitrogens with zero attached hydrogens (tertiary/aromatic N) is 1. The third kappa shape index (κ3) is 2.90. The van der Waals surface area contributed by atoms with Crippen molar-refractivity contribution >= 4 is 23.2 Å². The molecule has 0 amide bonds. The molecular weight excluding hydrogens is 314 g/mol. The van der Waals surface area contributed by atoms with Gasteiger partial charge in [-0.1, -0.05) is 29.3 Å². The van der Waals surface area contributed by atoms with Crippen LogP contribution in [0.3, 0.4) is 0 Å². The number of halogens is 5. The summed E-state index contributed by atoms with van der Waals surface area (Å²) in [6.07, 6.45) is -3.84. The van der Waals surface area contributed by atoms with Gasteiger partial charge >= 0.3 is 6.18 Å². The fourth-order valence-electron chi connectivity index (χ4n) is 1.74. The Labute approximate surface area is 122 Å². The summed E-state index contributed by atoms with van der Waals surface area (Å²) in [7, 11) is 0. The predicted octanol–water partition coefficient (Wildman–Crippen LogP) is 4.57. The lowest BCUT2D eigenvalue weighted by molar-refractivity contribution is -0.137. The zero-order chi connectivity index (χ0) is 14.9. The Morgan fingerprint density at radius 3 is 2.25 bits per heavy atom. The molecule has 0 saturated heterocycles. The van der Waals surface area contributed by atoms with E-state index in [4.69, 9.17) is 23.2 Å². The van der Waals surface area contributed by atoms with Crippen LogP contribution in [0.15, 0.2) is 30.5 Å². The van der Waals surface area contributed by atoms with Crippen molar-refractivity contribution in [3.05, 3.63) is 51.6 Å². The molecule has 0 spiro atoms. The number of aromatic nitrogens is 1. The molecule has 7 heteroatoms. The number of alkyl halides is 3. The molecule has 0 bridgehead atoms. The van der Waals surface area contributed by atoms with Crippen LogP contribution in [0, 0.1) is 0 Å². The van der Waals surface area contributed by atoms with E-state index >= 15 is 0 Å². The summed E-state index contributed by atoms with van der Waals surface area (Å²) in [5.74, 6) is 0. The molecule has 106 valence electrons. The van der Waals surface area contributed by atoms with Gasteiger partial charge < -0.3 is 5.11 Å². The Kier molecular flexibility index (Phi) is 4.22. The van der Waals surface area contributed by atoms with Gasteiger partial charge in [0.2, 0.25) is 0 Å². The fraction of sp³-hybridized carbons (Fsp3) is 0.154. The highest BCUT2D eigenvalue weighted by atomic mass is 35.5. The van der Waals surface area contributed by atoms with Gasteiger partial charge in [-0.25, -0.2) is 0 Å². The molecule has 2 rings (SSSR count). The van der Waals surface area contributed by atoms with E-state index < -0.39 is 18.3 Å². The van der Waals surface area contributed by atoms with E-state index in [1.165, 1.54) is 0 Å². The number of hydrogen-bond donors (Lipinski definition) is 1. The molecule has 2 aromatic rings. The molecule has 0 unspecified atom stereocenters. The van der Waals surface area contributed by atoms with Crippen molar-refractivity contribution in [1.82, 2.24) is 4.98 Å². The molecule has 1 N–H and O–H groups in total. The SMILES string of the molecule is OCc1cc(C(F)(F)F)cnc1-c1c(Cl)cccc1Cl. The molecule has 0 radical (unpaired) electrons. The summed E-state index contributed by atoms with van der Waals surface area (Å²) in [5, 5.41) is 9.76. The van der Waals surface area contributed by atoms with Gasteiger partial charge in [0.05, 0.1) is 27.9 Å². The van der Waals surface area contributed by atoms with Gasteiger partial charge in [0.25, 0.3) is 0 Å². The van der Waals surface area contributed by atoms with Gasteiger partial charge in [-0.05, 0) is 18.2 Å². The molecule has 1 aromatic carbocycles. The summed E-state index contributed by atoms with van der Waals surface area (Å²) in [6.45, 7) is -0.603. The molecule has 1 heterocycles. The first-order chi connectivity index (χ1) is 9.34. The van der Waals surface area contributed by atoms with Crippen molar-refractivity contribution in [1.29, 1.82) is 0 Å². The Balaban J connectivity index is 2.64. The second-order valence-corrected chi connectivity index (χ2v) is 4.80. The maximum Gasteiger partial charge on any atom is 0.417 e. The van der Waals surface area contributed by atoms with Crippen molar-refractivity contribution in [2.75, 3.05) is 0 Å². The minimum Gasteiger partial charge on any atom is -0.392 e. The average Bonchev–Trinajstić information content (AvgIpc) is 2.37. The van der Waals surface area contributed by atoms with Crippen molar-refractivity contribution in [3.8, 4) is 11.3 Å². The summed E-state index contributed by atoms with van der Waals surface area (Å²) in [5.41, 5.74) is -0.493. The first kappa shape index (κ1) is 15.1. The number of aliphatic hydroxyl groups excluding tert-OH is 1. The maximum atomic E-state index is 12.6. The van der Waals surface area contributed by atoms with Crippen LogP contribution < -0.4 is 0 Å². The van der Waals surface area contributed by atoms with Gasteiger partial charge in [0, 0.05) is 17.3 Å². The van der Waals surface area contributed by atoms with Gasteiger partial charge in [-0.2, -0.15) is 13.2 Å². The van der Waals surface area contributed by atoms with E-state index in [1.807, 2.05) is 0 Å². The molecule has 2 nitrogen and oxygen atoms in total.